The van der Waals surface area contributed by atoms with Crippen molar-refractivity contribution in [2.45, 2.75) is 32.2 Å². The van der Waals surface area contributed by atoms with E-state index >= 15 is 0 Å². The third kappa shape index (κ3) is 8.37. The van der Waals surface area contributed by atoms with Crippen LogP contribution in [0.15, 0.2) is 71.9 Å². The number of nitrogens with one attached hydrogen (secondary N) is 2. The summed E-state index contributed by atoms with van der Waals surface area (Å²) in [5.74, 6) is -0.945. The van der Waals surface area contributed by atoms with Gasteiger partial charge in [-0.3, -0.25) is 14.4 Å². The average Bonchev–Trinajstić information content (AvgIpc) is 3.42. The first-order chi connectivity index (χ1) is 21.1. The average molecular weight is 601 g/mol. The van der Waals surface area contributed by atoms with Gasteiger partial charge in [-0.05, 0) is 49.5 Å². The van der Waals surface area contributed by atoms with Crippen molar-refractivity contribution in [3.8, 4) is 0 Å². The number of amides is 3. The van der Waals surface area contributed by atoms with Crippen molar-refractivity contribution in [1.29, 1.82) is 0 Å². The number of aromatic nitrogens is 5. The van der Waals surface area contributed by atoms with Crippen LogP contribution < -0.4 is 10.9 Å². The highest BCUT2D eigenvalue weighted by atomic mass is 16.4. The lowest BCUT2D eigenvalue weighted by atomic mass is 10.0. The Bertz CT molecular complexity index is 1700. The van der Waals surface area contributed by atoms with Crippen LogP contribution in [0.3, 0.4) is 0 Å². The number of pyridine rings is 1. The monoisotopic (exact) mass is 600 g/mol. The van der Waals surface area contributed by atoms with Crippen molar-refractivity contribution in [3.63, 3.8) is 0 Å². The Hall–Kier alpha value is -5.33. The second-order valence-corrected chi connectivity index (χ2v) is 10.6. The molecule has 0 spiro atoms. The number of allylic oxidation sites excluding steroid dienone is 1. The summed E-state index contributed by atoms with van der Waals surface area (Å²) in [4.78, 5) is 68.7. The number of benzene rings is 1. The zero-order valence-corrected chi connectivity index (χ0v) is 24.9. The number of carboxylic acid groups (broad SMARTS) is 1. The molecule has 0 saturated heterocycles. The van der Waals surface area contributed by atoms with Gasteiger partial charge in [0.05, 0.1) is 18.2 Å². The Morgan fingerprint density at radius 2 is 1.84 bits per heavy atom. The first-order valence-electron chi connectivity index (χ1n) is 14.2. The van der Waals surface area contributed by atoms with Crippen molar-refractivity contribution in [2.24, 2.45) is 5.92 Å². The number of carbonyl (C=O) groups is 3. The third-order valence-corrected chi connectivity index (χ3v) is 7.08. The maximum Gasteiger partial charge on any atom is 0.407 e. The van der Waals surface area contributed by atoms with Crippen molar-refractivity contribution in [1.82, 2.24) is 34.3 Å². The minimum Gasteiger partial charge on any atom is -0.465 e. The van der Waals surface area contributed by atoms with E-state index < -0.39 is 23.5 Å². The van der Waals surface area contributed by atoms with Gasteiger partial charge in [-0.1, -0.05) is 36.4 Å². The van der Waals surface area contributed by atoms with Gasteiger partial charge in [0.2, 0.25) is 11.8 Å². The van der Waals surface area contributed by atoms with Gasteiger partial charge in [0.25, 0.3) is 5.56 Å². The summed E-state index contributed by atoms with van der Waals surface area (Å²) in [6, 6.07) is 13.2. The summed E-state index contributed by atoms with van der Waals surface area (Å²) in [6.45, 7) is 0.0250. The number of imidazole rings is 1. The number of carbonyl (C=O) groups excluding carboxylic acids is 2. The maximum absolute atomic E-state index is 13.3. The van der Waals surface area contributed by atoms with Crippen LogP contribution in [0.25, 0.3) is 11.2 Å². The Morgan fingerprint density at radius 1 is 1.07 bits per heavy atom. The van der Waals surface area contributed by atoms with Crippen LogP contribution in [0.2, 0.25) is 0 Å². The molecule has 0 aliphatic carbocycles. The fourth-order valence-electron chi connectivity index (χ4n) is 4.59. The highest BCUT2D eigenvalue weighted by molar-refractivity contribution is 5.92. The van der Waals surface area contributed by atoms with Gasteiger partial charge < -0.3 is 29.8 Å². The number of H-pyrrole nitrogens is 1. The molecule has 0 unspecified atom stereocenters. The summed E-state index contributed by atoms with van der Waals surface area (Å²) in [5.41, 5.74) is 2.84. The minimum atomic E-state index is -1.18. The molecule has 0 aliphatic rings. The Morgan fingerprint density at radius 3 is 2.57 bits per heavy atom. The Labute approximate surface area is 254 Å². The standard InChI is InChI=1S/C31H36N8O5/c1-37(2)26(40)14-8-7-12-22(18-38(3)31(43)44)29(41)34-24-13-9-17-39(30(24)42)19-25-35-27-23(32-20-33-28(27)36-25)16-15-21-10-5-4-6-11-21/h4-6,8-11,13-14,17,20,22H,7,12,15-16,18-19H2,1-3H3,(H,34,41)(H,43,44)(H,32,33,35,36)/b14-8+/t22-/m0/s1. The Kier molecular flexibility index (Phi) is 10.6. The molecule has 3 amide bonds. The smallest absolute Gasteiger partial charge is 0.407 e. The van der Waals surface area contributed by atoms with Gasteiger partial charge in [0, 0.05) is 33.9 Å². The van der Waals surface area contributed by atoms with E-state index in [1.54, 1.807) is 32.4 Å². The normalized spacial score (nSPS) is 11.9. The van der Waals surface area contributed by atoms with E-state index in [-0.39, 0.29) is 31.1 Å². The van der Waals surface area contributed by atoms with E-state index in [4.69, 9.17) is 0 Å². The van der Waals surface area contributed by atoms with Crippen LogP contribution in [0.4, 0.5) is 10.5 Å². The summed E-state index contributed by atoms with van der Waals surface area (Å²) in [5, 5.41) is 12.0. The second kappa shape index (κ2) is 14.7. The molecule has 3 aromatic heterocycles. The number of aryl methyl sites for hydroxylation is 2. The molecular formula is C31H36N8O5. The van der Waals surface area contributed by atoms with Gasteiger partial charge in [-0.15, -0.1) is 0 Å². The van der Waals surface area contributed by atoms with Crippen molar-refractivity contribution >= 4 is 34.8 Å². The maximum atomic E-state index is 13.3. The van der Waals surface area contributed by atoms with Gasteiger partial charge in [-0.25, -0.2) is 19.7 Å². The Balaban J connectivity index is 1.47. The summed E-state index contributed by atoms with van der Waals surface area (Å²) >= 11 is 0. The molecule has 230 valence electrons. The first-order valence-corrected chi connectivity index (χ1v) is 14.2. The fourth-order valence-corrected chi connectivity index (χ4v) is 4.59. The van der Waals surface area contributed by atoms with E-state index in [1.165, 1.54) is 40.5 Å². The van der Waals surface area contributed by atoms with Crippen LogP contribution >= 0.6 is 0 Å². The van der Waals surface area contributed by atoms with Gasteiger partial charge in [-0.2, -0.15) is 0 Å². The number of aromatic amines is 1. The molecule has 1 atom stereocenters. The van der Waals surface area contributed by atoms with Crippen LogP contribution in [0.1, 0.15) is 29.9 Å². The quantitative estimate of drug-likeness (QED) is 0.197. The fraction of sp³-hybridized carbons (Fsp3) is 0.323. The second-order valence-electron chi connectivity index (χ2n) is 10.6. The van der Waals surface area contributed by atoms with Crippen molar-refractivity contribution in [2.75, 3.05) is 33.0 Å². The lowest BCUT2D eigenvalue weighted by molar-refractivity contribution is -0.123. The molecular weight excluding hydrogens is 564 g/mol. The van der Waals surface area contributed by atoms with Gasteiger partial charge >= 0.3 is 6.09 Å². The van der Waals surface area contributed by atoms with Crippen LogP contribution in [-0.4, -0.2) is 85.0 Å². The van der Waals surface area contributed by atoms with Crippen LogP contribution in [0.5, 0.6) is 0 Å². The molecule has 0 saturated carbocycles. The molecule has 3 heterocycles. The minimum absolute atomic E-state index is 0.0539. The molecule has 1 aromatic carbocycles. The lowest BCUT2D eigenvalue weighted by Gasteiger charge is -2.21. The highest BCUT2D eigenvalue weighted by Crippen LogP contribution is 2.16. The first kappa shape index (κ1) is 31.6. The summed E-state index contributed by atoms with van der Waals surface area (Å²) in [6.07, 6.45) is 7.06. The number of nitrogens with zero attached hydrogens (tertiary/aromatic N) is 6. The number of hydrogen-bond acceptors (Lipinski definition) is 7. The van der Waals surface area contributed by atoms with Gasteiger partial charge in [0.1, 0.15) is 23.4 Å². The van der Waals surface area contributed by atoms with E-state index in [0.29, 0.717) is 29.8 Å². The highest BCUT2D eigenvalue weighted by Gasteiger charge is 2.23. The van der Waals surface area contributed by atoms with Crippen molar-refractivity contribution in [3.05, 3.63) is 94.6 Å². The summed E-state index contributed by atoms with van der Waals surface area (Å²) in [7, 11) is 4.63. The van der Waals surface area contributed by atoms with E-state index in [1.807, 2.05) is 18.2 Å². The van der Waals surface area contributed by atoms with Crippen LogP contribution in [-0.2, 0) is 29.0 Å². The topological polar surface area (TPSA) is 166 Å². The largest absolute Gasteiger partial charge is 0.465 e. The number of hydrogen-bond donors (Lipinski definition) is 3. The third-order valence-electron chi connectivity index (χ3n) is 7.08. The van der Waals surface area contributed by atoms with E-state index in [9.17, 15) is 24.3 Å². The number of rotatable bonds is 13. The van der Waals surface area contributed by atoms with Crippen molar-refractivity contribution < 1.29 is 19.5 Å². The zero-order chi connectivity index (χ0) is 31.6. The molecule has 3 N–H and O–H groups in total. The number of fused-ring (bicyclic) bond motifs is 1. The van der Waals surface area contributed by atoms with Gasteiger partial charge in [0.15, 0.2) is 5.65 Å². The molecule has 44 heavy (non-hydrogen) atoms. The molecule has 0 bridgehead atoms. The predicted molar refractivity (Wildman–Crippen MR) is 165 cm³/mol. The molecule has 0 radical (unpaired) electrons. The SMILES string of the molecule is CN(C)C(=O)/C=C/CC[C@@H](CN(C)C(=O)O)C(=O)Nc1cccn(Cc2nc3ncnc(CCc4ccccc4)c3[nH]2)c1=O. The summed E-state index contributed by atoms with van der Waals surface area (Å²) < 4.78 is 1.42. The molecule has 13 heteroatoms. The lowest BCUT2D eigenvalue weighted by Crippen LogP contribution is -2.37. The number of anilines is 1. The molecule has 13 nitrogen and oxygen atoms in total. The molecule has 4 rings (SSSR count). The molecule has 4 aromatic rings. The zero-order valence-electron chi connectivity index (χ0n) is 24.9. The van der Waals surface area contributed by atoms with Crippen LogP contribution in [0, 0.1) is 5.92 Å². The predicted octanol–water partition coefficient (Wildman–Crippen LogP) is 2.94. The van der Waals surface area contributed by atoms with E-state index in [2.05, 4.69) is 37.4 Å². The number of likely N-dealkylation sites (N-methyl/N-ethyl adjacent to an activating group) is 1. The van der Waals surface area contributed by atoms with E-state index in [0.717, 1.165) is 17.0 Å². The molecule has 0 fully saturated rings. The molecule has 0 aliphatic heterocycles.